The van der Waals surface area contributed by atoms with Gasteiger partial charge in [0.15, 0.2) is 5.76 Å². The molecule has 0 saturated heterocycles. The van der Waals surface area contributed by atoms with E-state index < -0.39 is 17.9 Å². The van der Waals surface area contributed by atoms with Crippen LogP contribution in [0.3, 0.4) is 0 Å². The third-order valence-corrected chi connectivity index (χ3v) is 6.62. The first-order valence-electron chi connectivity index (χ1n) is 11.1. The van der Waals surface area contributed by atoms with Crippen LogP contribution in [0.2, 0.25) is 0 Å². The largest absolute Gasteiger partial charge is 0.467 e. The van der Waals surface area contributed by atoms with Crippen LogP contribution >= 0.6 is 11.3 Å². The standard InChI is InChI=1S/C24H27N3O5S/c28-21(15-25-23(29)19-10-5-13-32-19)27(16-18-9-4-12-31-18)22(20-11-6-14-33-20)24(30)26-17-7-2-1-3-8-17/h4-6,9-14,17,22H,1-3,7-8,15-16H2,(H,25,29)(H,26,30)/t22-/m0/s1. The lowest BCUT2D eigenvalue weighted by atomic mass is 9.95. The minimum Gasteiger partial charge on any atom is -0.467 e. The van der Waals surface area contributed by atoms with Crippen LogP contribution in [0, 0.1) is 0 Å². The highest BCUT2D eigenvalue weighted by Crippen LogP contribution is 2.29. The predicted molar refractivity (Wildman–Crippen MR) is 122 cm³/mol. The molecule has 1 saturated carbocycles. The Morgan fingerprint density at radius 2 is 1.82 bits per heavy atom. The molecule has 2 N–H and O–H groups in total. The average molecular weight is 470 g/mol. The van der Waals surface area contributed by atoms with Crippen LogP contribution in [0.25, 0.3) is 0 Å². The Balaban J connectivity index is 1.55. The molecule has 1 aliphatic rings. The summed E-state index contributed by atoms with van der Waals surface area (Å²) < 4.78 is 10.6. The van der Waals surface area contributed by atoms with Crippen LogP contribution < -0.4 is 10.6 Å². The molecule has 0 bridgehead atoms. The lowest BCUT2D eigenvalue weighted by Gasteiger charge is -2.32. The Hall–Kier alpha value is -3.33. The van der Waals surface area contributed by atoms with Crippen LogP contribution in [0.15, 0.2) is 63.1 Å². The molecule has 0 unspecified atom stereocenters. The van der Waals surface area contributed by atoms with E-state index in [1.165, 1.54) is 41.3 Å². The molecule has 0 spiro atoms. The van der Waals surface area contributed by atoms with Gasteiger partial charge < -0.3 is 24.4 Å². The number of hydrogen-bond acceptors (Lipinski definition) is 6. The second kappa shape index (κ2) is 11.0. The van der Waals surface area contributed by atoms with Gasteiger partial charge in [-0.1, -0.05) is 25.3 Å². The number of thiophene rings is 1. The van der Waals surface area contributed by atoms with E-state index in [9.17, 15) is 14.4 Å². The molecule has 174 valence electrons. The molecule has 1 fully saturated rings. The van der Waals surface area contributed by atoms with Crippen molar-refractivity contribution in [2.45, 2.75) is 50.7 Å². The molecule has 3 aromatic rings. The summed E-state index contributed by atoms with van der Waals surface area (Å²) in [4.78, 5) is 41.3. The third kappa shape index (κ3) is 5.92. The maximum atomic E-state index is 13.5. The minimum absolute atomic E-state index is 0.100. The van der Waals surface area contributed by atoms with E-state index in [2.05, 4.69) is 10.6 Å². The lowest BCUT2D eigenvalue weighted by Crippen LogP contribution is -2.48. The fraction of sp³-hybridized carbons (Fsp3) is 0.375. The number of hydrogen-bond donors (Lipinski definition) is 2. The SMILES string of the molecule is O=C(NCC(=O)N(Cc1ccco1)[C@H](C(=O)NC1CCCCC1)c1cccs1)c1ccco1. The number of furan rings is 2. The number of nitrogens with zero attached hydrogens (tertiary/aromatic N) is 1. The molecule has 4 rings (SSSR count). The first kappa shape index (κ1) is 22.8. The normalized spacial score (nSPS) is 15.0. The van der Waals surface area contributed by atoms with Crippen molar-refractivity contribution in [3.05, 3.63) is 70.7 Å². The van der Waals surface area contributed by atoms with Crippen LogP contribution in [0.5, 0.6) is 0 Å². The topological polar surface area (TPSA) is 105 Å². The van der Waals surface area contributed by atoms with Gasteiger partial charge in [0.05, 0.1) is 25.6 Å². The maximum Gasteiger partial charge on any atom is 0.287 e. The summed E-state index contributed by atoms with van der Waals surface area (Å²) in [6, 6.07) is 9.59. The highest BCUT2D eigenvalue weighted by molar-refractivity contribution is 7.10. The van der Waals surface area contributed by atoms with Crippen molar-refractivity contribution in [1.82, 2.24) is 15.5 Å². The molecule has 9 heteroatoms. The summed E-state index contributed by atoms with van der Waals surface area (Å²) in [5, 5.41) is 7.61. The van der Waals surface area contributed by atoms with Crippen molar-refractivity contribution in [1.29, 1.82) is 0 Å². The van der Waals surface area contributed by atoms with Gasteiger partial charge >= 0.3 is 0 Å². The van der Waals surface area contributed by atoms with E-state index in [0.717, 1.165) is 30.6 Å². The van der Waals surface area contributed by atoms with Gasteiger partial charge in [-0.15, -0.1) is 11.3 Å². The van der Waals surface area contributed by atoms with Gasteiger partial charge in [-0.2, -0.15) is 0 Å². The highest BCUT2D eigenvalue weighted by Gasteiger charge is 2.34. The molecular formula is C24H27N3O5S. The molecule has 0 aromatic carbocycles. The smallest absolute Gasteiger partial charge is 0.287 e. The molecule has 8 nitrogen and oxygen atoms in total. The van der Waals surface area contributed by atoms with Crippen molar-refractivity contribution < 1.29 is 23.2 Å². The molecule has 3 amide bonds. The lowest BCUT2D eigenvalue weighted by molar-refractivity contribution is -0.141. The second-order valence-corrected chi connectivity index (χ2v) is 9.00. The van der Waals surface area contributed by atoms with Gasteiger partial charge in [-0.3, -0.25) is 14.4 Å². The zero-order valence-electron chi connectivity index (χ0n) is 18.2. The summed E-state index contributed by atoms with van der Waals surface area (Å²) in [6.07, 6.45) is 8.15. The van der Waals surface area contributed by atoms with Gasteiger partial charge in [0.2, 0.25) is 11.8 Å². The van der Waals surface area contributed by atoms with E-state index in [1.54, 1.807) is 18.2 Å². The average Bonchev–Trinajstić information content (AvgIpc) is 3.61. The number of carbonyl (C=O) groups is 3. The van der Waals surface area contributed by atoms with E-state index >= 15 is 0 Å². The zero-order valence-corrected chi connectivity index (χ0v) is 19.0. The molecule has 0 radical (unpaired) electrons. The Bertz CT molecular complexity index is 1020. The summed E-state index contributed by atoms with van der Waals surface area (Å²) in [7, 11) is 0. The van der Waals surface area contributed by atoms with Crippen LogP contribution in [0.4, 0.5) is 0 Å². The number of carbonyl (C=O) groups excluding carboxylic acids is 3. The minimum atomic E-state index is -0.829. The fourth-order valence-electron chi connectivity index (χ4n) is 4.04. The van der Waals surface area contributed by atoms with Crippen molar-refractivity contribution >= 4 is 29.1 Å². The summed E-state index contributed by atoms with van der Waals surface area (Å²) >= 11 is 1.41. The molecule has 33 heavy (non-hydrogen) atoms. The molecular weight excluding hydrogens is 442 g/mol. The number of amides is 3. The Kier molecular flexibility index (Phi) is 7.62. The second-order valence-electron chi connectivity index (χ2n) is 8.02. The van der Waals surface area contributed by atoms with E-state index in [1.807, 2.05) is 17.5 Å². The van der Waals surface area contributed by atoms with Crippen molar-refractivity contribution in [3.63, 3.8) is 0 Å². The van der Waals surface area contributed by atoms with Crippen molar-refractivity contribution in [2.24, 2.45) is 0 Å². The summed E-state index contributed by atoms with van der Waals surface area (Å²) in [6.45, 7) is -0.179. The van der Waals surface area contributed by atoms with E-state index in [-0.39, 0.29) is 30.8 Å². The van der Waals surface area contributed by atoms with Gasteiger partial charge in [-0.25, -0.2) is 0 Å². The zero-order chi connectivity index (χ0) is 23.0. The molecule has 3 heterocycles. The molecule has 1 atom stereocenters. The van der Waals surface area contributed by atoms with Gasteiger partial charge in [-0.05, 0) is 48.6 Å². The molecule has 0 aliphatic heterocycles. The first-order chi connectivity index (χ1) is 16.1. The Labute approximate surface area is 195 Å². The van der Waals surface area contributed by atoms with Crippen molar-refractivity contribution in [3.8, 4) is 0 Å². The molecule has 1 aliphatic carbocycles. The van der Waals surface area contributed by atoms with Crippen molar-refractivity contribution in [2.75, 3.05) is 6.54 Å². The number of nitrogens with one attached hydrogen (secondary N) is 2. The maximum absolute atomic E-state index is 13.5. The van der Waals surface area contributed by atoms with Gasteiger partial charge in [0.25, 0.3) is 5.91 Å². The van der Waals surface area contributed by atoms with Crippen LogP contribution in [-0.2, 0) is 16.1 Å². The number of rotatable bonds is 9. The Morgan fingerprint density at radius 3 is 2.48 bits per heavy atom. The first-order valence-corrected chi connectivity index (χ1v) is 12.0. The van der Waals surface area contributed by atoms with Crippen LogP contribution in [0.1, 0.15) is 59.3 Å². The van der Waals surface area contributed by atoms with E-state index in [4.69, 9.17) is 8.83 Å². The van der Waals surface area contributed by atoms with Gasteiger partial charge in [0, 0.05) is 10.9 Å². The third-order valence-electron chi connectivity index (χ3n) is 5.70. The Morgan fingerprint density at radius 1 is 1.03 bits per heavy atom. The van der Waals surface area contributed by atoms with Gasteiger partial charge in [0.1, 0.15) is 11.8 Å². The quantitative estimate of drug-likeness (QED) is 0.495. The van der Waals surface area contributed by atoms with E-state index in [0.29, 0.717) is 5.76 Å². The van der Waals surface area contributed by atoms with Crippen LogP contribution in [-0.4, -0.2) is 35.2 Å². The predicted octanol–water partition coefficient (Wildman–Crippen LogP) is 3.88. The fourth-order valence-corrected chi connectivity index (χ4v) is 4.88. The molecule has 3 aromatic heterocycles. The summed E-state index contributed by atoms with van der Waals surface area (Å²) in [5.41, 5.74) is 0. The highest BCUT2D eigenvalue weighted by atomic mass is 32.1. The monoisotopic (exact) mass is 469 g/mol. The summed E-state index contributed by atoms with van der Waals surface area (Å²) in [5.74, 6) is -0.450.